The lowest BCUT2D eigenvalue weighted by Crippen LogP contribution is -2.59. The second-order valence-corrected chi connectivity index (χ2v) is 23.7. The molecule has 0 spiro atoms. The van der Waals surface area contributed by atoms with Crippen LogP contribution in [-0.4, -0.2) is 145 Å². The molecule has 0 saturated carbocycles. The highest BCUT2D eigenvalue weighted by atomic mass is 16.2. The topological polar surface area (TPSA) is 410 Å². The molecule has 2 aromatic carbocycles. The highest BCUT2D eigenvalue weighted by Crippen LogP contribution is 2.20. The molecule has 3 aromatic rings. The molecule has 0 aliphatic rings. The Hall–Kier alpha value is -8.84. The first-order chi connectivity index (χ1) is 45.3. The van der Waals surface area contributed by atoms with Crippen molar-refractivity contribution in [3.05, 3.63) is 84.1 Å². The molecule has 3 rings (SSSR count). The molecule has 0 bridgehead atoms. The molecule has 6 atom stereocenters. The molecule has 26 heteroatoms. The lowest BCUT2D eigenvalue weighted by Gasteiger charge is -2.27. The molecule has 0 radical (unpaired) electrons. The van der Waals surface area contributed by atoms with E-state index in [1.807, 2.05) is 31.2 Å². The van der Waals surface area contributed by atoms with Crippen molar-refractivity contribution < 1.29 is 47.9 Å². The Balaban J connectivity index is 1.59. The minimum Gasteiger partial charge on any atom is -0.370 e. The lowest BCUT2D eigenvalue weighted by molar-refractivity contribution is -0.135. The number of carbonyl (C=O) groups excluding carboxylic acids is 10. The fourth-order valence-corrected chi connectivity index (χ4v) is 10.3. The van der Waals surface area contributed by atoms with Crippen molar-refractivity contribution in [2.75, 3.05) is 32.7 Å². The van der Waals surface area contributed by atoms with E-state index in [-0.39, 0.29) is 70.0 Å². The fraction of sp³-hybridized carbons (Fsp3) is 0.588. The van der Waals surface area contributed by atoms with Crippen LogP contribution in [0.3, 0.4) is 0 Å². The molecule has 17 N–H and O–H groups in total. The van der Waals surface area contributed by atoms with Crippen LogP contribution in [0.5, 0.6) is 0 Å². The van der Waals surface area contributed by atoms with Gasteiger partial charge in [0, 0.05) is 69.5 Å². The Kier molecular flexibility index (Phi) is 40.5. The summed E-state index contributed by atoms with van der Waals surface area (Å²) in [6.45, 7) is 7.56. The van der Waals surface area contributed by atoms with Gasteiger partial charge in [0.15, 0.2) is 5.96 Å². The number of unbranched alkanes of at least 4 members (excludes halogenated alkanes) is 13. The van der Waals surface area contributed by atoms with Crippen LogP contribution >= 0.6 is 0 Å². The lowest BCUT2D eigenvalue weighted by atomic mass is 10.0. The standard InChI is InChI=1S/C68H108N16O10/c1-5-7-9-10-11-12-13-14-15-16-17-18-19-20-24-38-59(86)72-41-30-42-74-61(88)47-78-77-46-60(87)73-39-28-27-36-55(81-63(90)48(3)79-64(91)54(34-8-6-2)80-49(4)85)66(93)84-58(43-50-31-22-21-23-32-50)67(94)82-56(37-29-40-75-68(70)71)65(92)83-57(62(69)89)44-51-45-76-53-35-26-25-33-52(51)53/h14-15,21-23,25-26,31-33,35,45,47-48,54-58,76-77H,5-13,16-20,24,27-30,34,36-44,46H2,1-4H3,(H2,69,89)(H,72,86)(H,73,87)(H,74,88)(H,79,91)(H,80,85)(H,81,90)(H,82,94)(H,83,92)(H,84,93)(H4,70,71,75)/b15-14-,78-47+/t48-,54-,55-,56-,57-,58+/m0/s1. The minimum atomic E-state index is -1.36. The van der Waals surface area contributed by atoms with Crippen molar-refractivity contribution in [3.8, 4) is 0 Å². The van der Waals surface area contributed by atoms with Crippen molar-refractivity contribution >= 4 is 82.1 Å². The number of aromatic amines is 1. The van der Waals surface area contributed by atoms with Crippen LogP contribution < -0.4 is 70.5 Å². The van der Waals surface area contributed by atoms with Gasteiger partial charge in [-0.2, -0.15) is 5.10 Å². The van der Waals surface area contributed by atoms with Crippen molar-refractivity contribution in [2.45, 2.75) is 224 Å². The van der Waals surface area contributed by atoms with E-state index >= 15 is 0 Å². The van der Waals surface area contributed by atoms with Gasteiger partial charge in [0.05, 0.1) is 0 Å². The average Bonchev–Trinajstić information content (AvgIpc) is 1.62. The summed E-state index contributed by atoms with van der Waals surface area (Å²) in [7, 11) is 0. The molecule has 0 fully saturated rings. The van der Waals surface area contributed by atoms with Gasteiger partial charge < -0.3 is 75.5 Å². The molecule has 0 unspecified atom stereocenters. The number of nitrogens with two attached hydrogens (primary N) is 3. The summed E-state index contributed by atoms with van der Waals surface area (Å²) in [5.41, 5.74) is 21.7. The summed E-state index contributed by atoms with van der Waals surface area (Å²) in [5.74, 6) is -6.05. The maximum atomic E-state index is 14.6. The largest absolute Gasteiger partial charge is 0.370 e. The van der Waals surface area contributed by atoms with E-state index in [2.05, 4.69) is 87.4 Å². The van der Waals surface area contributed by atoms with Gasteiger partial charge in [-0.3, -0.25) is 52.9 Å². The number of nitrogens with one attached hydrogen (secondary N) is 11. The highest BCUT2D eigenvalue weighted by molar-refractivity contribution is 6.26. The van der Waals surface area contributed by atoms with Crippen LogP contribution in [0.25, 0.3) is 10.9 Å². The summed E-state index contributed by atoms with van der Waals surface area (Å²) in [5, 5.41) is 29.2. The van der Waals surface area contributed by atoms with E-state index < -0.39 is 89.4 Å². The molecule has 0 aliphatic heterocycles. The molecule has 1 heterocycles. The molecular weight excluding hydrogens is 1200 g/mol. The van der Waals surface area contributed by atoms with Crippen molar-refractivity contribution in [1.29, 1.82) is 0 Å². The number of H-pyrrole nitrogens is 1. The number of para-hydroxylation sites is 1. The van der Waals surface area contributed by atoms with E-state index in [1.54, 1.807) is 36.5 Å². The van der Waals surface area contributed by atoms with Crippen LogP contribution in [0, 0.1) is 0 Å². The summed E-state index contributed by atoms with van der Waals surface area (Å²) in [6, 6.07) is 8.89. The van der Waals surface area contributed by atoms with Crippen LogP contribution in [0.1, 0.15) is 187 Å². The number of hydrogen-bond acceptors (Lipinski definition) is 13. The normalized spacial score (nSPS) is 13.1. The molecule has 10 amide bonds. The monoisotopic (exact) mass is 1310 g/mol. The summed E-state index contributed by atoms with van der Waals surface area (Å²) < 4.78 is 0. The van der Waals surface area contributed by atoms with Gasteiger partial charge in [-0.1, -0.05) is 139 Å². The van der Waals surface area contributed by atoms with E-state index in [0.717, 1.165) is 55.6 Å². The second-order valence-electron chi connectivity index (χ2n) is 23.7. The second kappa shape index (κ2) is 48.0. The molecule has 1 aromatic heterocycles. The number of nitrogens with zero attached hydrogens (tertiary/aromatic N) is 2. The van der Waals surface area contributed by atoms with E-state index in [9.17, 15) is 47.9 Å². The number of fused-ring (bicyclic) bond motifs is 1. The van der Waals surface area contributed by atoms with Crippen LogP contribution in [0.2, 0.25) is 0 Å². The third-order valence-corrected chi connectivity index (χ3v) is 15.6. The van der Waals surface area contributed by atoms with Gasteiger partial charge in [-0.25, -0.2) is 0 Å². The first-order valence-electron chi connectivity index (χ1n) is 33.8. The summed E-state index contributed by atoms with van der Waals surface area (Å²) in [4.78, 5) is 140. The molecule has 0 aliphatic carbocycles. The van der Waals surface area contributed by atoms with Gasteiger partial charge in [-0.05, 0) is 101 Å². The average molecular weight is 1310 g/mol. The number of aromatic nitrogens is 1. The fourth-order valence-electron chi connectivity index (χ4n) is 10.3. The Bertz CT molecular complexity index is 2880. The number of amides is 10. The highest BCUT2D eigenvalue weighted by Gasteiger charge is 2.33. The first-order valence-corrected chi connectivity index (χ1v) is 33.8. The SMILES string of the molecule is CCCCCCCC/C=C\CCCCCCCC(=O)NCCCNC(=O)/C=N/NCC(=O)NCCCC[C@H](NC(=O)[C@H](C)NC(=O)[C@H](CCCC)NC(C)=O)C(=O)N[C@H](Cc1ccccc1)C(=O)N[C@@H](CCCN=C(N)N)C(=O)N[C@@H](Cc1c[nH]c2ccccc12)C(N)=O. The maximum absolute atomic E-state index is 14.6. The van der Waals surface area contributed by atoms with Crippen LogP contribution in [0.4, 0.5) is 0 Å². The zero-order chi connectivity index (χ0) is 68.7. The van der Waals surface area contributed by atoms with Gasteiger partial charge >= 0.3 is 0 Å². The van der Waals surface area contributed by atoms with Crippen LogP contribution in [-0.2, 0) is 60.8 Å². The smallest absolute Gasteiger partial charge is 0.264 e. The third kappa shape index (κ3) is 35.3. The quantitative estimate of drug-likeness (QED) is 0.0124. The number of hydrogen-bond donors (Lipinski definition) is 14. The Morgan fingerprint density at radius 3 is 1.73 bits per heavy atom. The molecule has 94 heavy (non-hydrogen) atoms. The van der Waals surface area contributed by atoms with Crippen LogP contribution in [0.15, 0.2) is 83.0 Å². The number of aliphatic imine (C=N–C) groups is 1. The maximum Gasteiger partial charge on any atom is 0.264 e. The number of primary amides is 1. The number of benzene rings is 2. The van der Waals surface area contributed by atoms with Crippen molar-refractivity contribution in [2.24, 2.45) is 27.3 Å². The summed E-state index contributed by atoms with van der Waals surface area (Å²) >= 11 is 0. The van der Waals surface area contributed by atoms with Gasteiger partial charge in [0.25, 0.3) is 5.91 Å². The van der Waals surface area contributed by atoms with Crippen molar-refractivity contribution in [3.63, 3.8) is 0 Å². The molecule has 0 saturated heterocycles. The Morgan fingerprint density at radius 1 is 0.521 bits per heavy atom. The molecule has 26 nitrogen and oxygen atoms in total. The number of guanidine groups is 1. The number of hydrazone groups is 1. The van der Waals surface area contributed by atoms with Gasteiger partial charge in [-0.15, -0.1) is 0 Å². The molecule has 520 valence electrons. The zero-order valence-electron chi connectivity index (χ0n) is 55.9. The van der Waals surface area contributed by atoms with E-state index in [1.165, 1.54) is 65.2 Å². The molecular formula is C68H108N16O10. The zero-order valence-corrected chi connectivity index (χ0v) is 55.9. The Morgan fingerprint density at radius 2 is 1.06 bits per heavy atom. The predicted octanol–water partition coefficient (Wildman–Crippen LogP) is 4.15. The van der Waals surface area contributed by atoms with Gasteiger partial charge in [0.1, 0.15) is 49.0 Å². The predicted molar refractivity (Wildman–Crippen MR) is 367 cm³/mol. The Labute approximate surface area is 554 Å². The van der Waals surface area contributed by atoms with E-state index in [4.69, 9.17) is 17.2 Å². The summed E-state index contributed by atoms with van der Waals surface area (Å²) in [6.07, 6.45) is 26.2. The number of allylic oxidation sites excluding steroid dienone is 2. The van der Waals surface area contributed by atoms with E-state index in [0.29, 0.717) is 56.3 Å². The third-order valence-electron chi connectivity index (χ3n) is 15.6. The first kappa shape index (κ1) is 79.4. The minimum absolute atomic E-state index is 0.00927. The van der Waals surface area contributed by atoms with Crippen molar-refractivity contribution in [1.82, 2.24) is 58.3 Å². The number of carbonyl (C=O) groups is 10. The van der Waals surface area contributed by atoms with Gasteiger partial charge in [0.2, 0.25) is 53.2 Å². The number of rotatable bonds is 51.